The van der Waals surface area contributed by atoms with Crippen molar-refractivity contribution in [2.45, 2.75) is 32.4 Å². The van der Waals surface area contributed by atoms with E-state index in [0.29, 0.717) is 66.6 Å². The summed E-state index contributed by atoms with van der Waals surface area (Å²) in [6, 6.07) is 8.56. The van der Waals surface area contributed by atoms with E-state index in [0.717, 1.165) is 0 Å². The molecule has 0 spiro atoms. The molecule has 10 heteroatoms. The molecule has 1 aromatic carbocycles. The zero-order valence-corrected chi connectivity index (χ0v) is 19.0. The number of rotatable bonds is 6. The molecule has 174 valence electrons. The summed E-state index contributed by atoms with van der Waals surface area (Å²) in [6.07, 6.45) is 3.07. The fourth-order valence-electron chi connectivity index (χ4n) is 4.03. The molecule has 3 heterocycles. The van der Waals surface area contributed by atoms with Gasteiger partial charge in [-0.1, -0.05) is 0 Å². The molecule has 1 saturated heterocycles. The van der Waals surface area contributed by atoms with Crippen molar-refractivity contribution in [1.29, 1.82) is 0 Å². The van der Waals surface area contributed by atoms with Crippen LogP contribution in [0.25, 0.3) is 11.2 Å². The van der Waals surface area contributed by atoms with Gasteiger partial charge in [0.1, 0.15) is 17.0 Å². The summed E-state index contributed by atoms with van der Waals surface area (Å²) in [5.41, 5.74) is 1.73. The van der Waals surface area contributed by atoms with Crippen molar-refractivity contribution < 1.29 is 14.3 Å². The normalized spacial score (nSPS) is 14.2. The largest absolute Gasteiger partial charge is 0.497 e. The predicted octanol–water partition coefficient (Wildman–Crippen LogP) is 2.62. The SMILES string of the molecule is CCn1c(=O)c(N2CCC(NC(=O)Nc3cc(OC)cc(OC)c3)CC2)nc2cccnc21. The number of hydrogen-bond donors (Lipinski definition) is 2. The lowest BCUT2D eigenvalue weighted by Gasteiger charge is -2.33. The second-order valence-electron chi connectivity index (χ2n) is 7.79. The fourth-order valence-corrected chi connectivity index (χ4v) is 4.03. The molecular weight excluding hydrogens is 424 g/mol. The average molecular weight is 453 g/mol. The van der Waals surface area contributed by atoms with Gasteiger partial charge in [-0.2, -0.15) is 0 Å². The van der Waals surface area contributed by atoms with Crippen LogP contribution in [0.4, 0.5) is 16.3 Å². The van der Waals surface area contributed by atoms with Crippen LogP contribution in [-0.2, 0) is 6.54 Å². The van der Waals surface area contributed by atoms with Gasteiger partial charge in [-0.05, 0) is 31.9 Å². The highest BCUT2D eigenvalue weighted by Crippen LogP contribution is 2.26. The minimum atomic E-state index is -0.299. The Hall–Kier alpha value is -3.82. The van der Waals surface area contributed by atoms with Gasteiger partial charge in [0.05, 0.1) is 14.2 Å². The second kappa shape index (κ2) is 9.76. The van der Waals surface area contributed by atoms with Crippen LogP contribution in [0.15, 0.2) is 41.3 Å². The molecule has 0 aliphatic carbocycles. The van der Waals surface area contributed by atoms with Crippen LogP contribution in [-0.4, -0.2) is 53.9 Å². The van der Waals surface area contributed by atoms with E-state index in [9.17, 15) is 9.59 Å². The van der Waals surface area contributed by atoms with Crippen LogP contribution in [0, 0.1) is 0 Å². The fraction of sp³-hybridized carbons (Fsp3) is 0.391. The quantitative estimate of drug-likeness (QED) is 0.591. The lowest BCUT2D eigenvalue weighted by molar-refractivity contribution is 0.246. The summed E-state index contributed by atoms with van der Waals surface area (Å²) >= 11 is 0. The maximum absolute atomic E-state index is 13.0. The number of hydrogen-bond acceptors (Lipinski definition) is 7. The molecule has 0 unspecified atom stereocenters. The van der Waals surface area contributed by atoms with Gasteiger partial charge in [-0.3, -0.25) is 9.36 Å². The summed E-state index contributed by atoms with van der Waals surface area (Å²) in [5.74, 6) is 1.62. The first-order valence-corrected chi connectivity index (χ1v) is 10.9. The minimum Gasteiger partial charge on any atom is -0.497 e. The van der Waals surface area contributed by atoms with Gasteiger partial charge >= 0.3 is 6.03 Å². The molecule has 2 N–H and O–H groups in total. The number of carbonyl (C=O) groups is 1. The van der Waals surface area contributed by atoms with E-state index < -0.39 is 0 Å². The Kier molecular flexibility index (Phi) is 6.62. The number of nitrogens with zero attached hydrogens (tertiary/aromatic N) is 4. The summed E-state index contributed by atoms with van der Waals surface area (Å²) in [6.45, 7) is 3.69. The Morgan fingerprint density at radius 3 is 2.48 bits per heavy atom. The number of amides is 2. The summed E-state index contributed by atoms with van der Waals surface area (Å²) in [4.78, 5) is 36.4. The molecule has 0 saturated carbocycles. The van der Waals surface area contributed by atoms with Crippen LogP contribution in [0.2, 0.25) is 0 Å². The van der Waals surface area contributed by atoms with Gasteiger partial charge in [0.2, 0.25) is 0 Å². The number of benzene rings is 1. The average Bonchev–Trinajstić information content (AvgIpc) is 2.84. The number of methoxy groups -OCH3 is 2. The smallest absolute Gasteiger partial charge is 0.319 e. The second-order valence-corrected chi connectivity index (χ2v) is 7.79. The summed E-state index contributed by atoms with van der Waals surface area (Å²) < 4.78 is 12.1. The maximum atomic E-state index is 13.0. The number of fused-ring (bicyclic) bond motifs is 1. The molecule has 1 fully saturated rings. The molecular formula is C23H28N6O4. The van der Waals surface area contributed by atoms with E-state index >= 15 is 0 Å². The number of aryl methyl sites for hydroxylation is 1. The monoisotopic (exact) mass is 452 g/mol. The van der Waals surface area contributed by atoms with E-state index in [2.05, 4.69) is 20.6 Å². The number of piperidine rings is 1. The first kappa shape index (κ1) is 22.4. The zero-order valence-electron chi connectivity index (χ0n) is 19.0. The van der Waals surface area contributed by atoms with Gasteiger partial charge in [0.15, 0.2) is 11.5 Å². The van der Waals surface area contributed by atoms with Gasteiger partial charge in [0, 0.05) is 55.8 Å². The van der Waals surface area contributed by atoms with Crippen LogP contribution < -0.4 is 30.6 Å². The van der Waals surface area contributed by atoms with Crippen molar-refractivity contribution in [3.05, 3.63) is 46.9 Å². The van der Waals surface area contributed by atoms with E-state index in [4.69, 9.17) is 9.47 Å². The molecule has 0 bridgehead atoms. The van der Waals surface area contributed by atoms with Crippen LogP contribution in [0.1, 0.15) is 19.8 Å². The molecule has 4 rings (SSSR count). The number of aromatic nitrogens is 3. The summed E-state index contributed by atoms with van der Waals surface area (Å²) in [7, 11) is 3.12. The summed E-state index contributed by atoms with van der Waals surface area (Å²) in [5, 5.41) is 5.84. The minimum absolute atomic E-state index is 0.00993. The third-order valence-electron chi connectivity index (χ3n) is 5.74. The van der Waals surface area contributed by atoms with Crippen LogP contribution in [0.3, 0.4) is 0 Å². The highest BCUT2D eigenvalue weighted by atomic mass is 16.5. The highest BCUT2D eigenvalue weighted by molar-refractivity contribution is 5.90. The molecule has 2 aromatic heterocycles. The first-order chi connectivity index (χ1) is 16.0. The van der Waals surface area contributed by atoms with Crippen LogP contribution in [0.5, 0.6) is 11.5 Å². The molecule has 0 radical (unpaired) electrons. The molecule has 1 aliphatic rings. The van der Waals surface area contributed by atoms with Crippen molar-refractivity contribution in [2.75, 3.05) is 37.5 Å². The molecule has 1 aliphatic heterocycles. The molecule has 10 nitrogen and oxygen atoms in total. The molecule has 33 heavy (non-hydrogen) atoms. The topological polar surface area (TPSA) is 111 Å². The van der Waals surface area contributed by atoms with Gasteiger partial charge in [-0.15, -0.1) is 0 Å². The maximum Gasteiger partial charge on any atom is 0.319 e. The Bertz CT molecular complexity index is 1180. The first-order valence-electron chi connectivity index (χ1n) is 10.9. The lowest BCUT2D eigenvalue weighted by atomic mass is 10.1. The van der Waals surface area contributed by atoms with Crippen molar-refractivity contribution in [3.8, 4) is 11.5 Å². The van der Waals surface area contributed by atoms with Gasteiger partial charge in [0.25, 0.3) is 5.56 Å². The van der Waals surface area contributed by atoms with Crippen molar-refractivity contribution >= 4 is 28.7 Å². The standard InChI is InChI=1S/C23H28N6O4/c1-4-29-20-19(6-5-9-24-20)27-21(22(29)30)28-10-7-15(8-11-28)25-23(31)26-16-12-17(32-2)14-18(13-16)33-3/h5-6,9,12-15H,4,7-8,10-11H2,1-3H3,(H2,25,26,31). The van der Waals surface area contributed by atoms with Gasteiger partial charge < -0.3 is 25.0 Å². The van der Waals surface area contributed by atoms with E-state index in [1.807, 2.05) is 24.0 Å². The lowest BCUT2D eigenvalue weighted by Crippen LogP contribution is -2.47. The Morgan fingerprint density at radius 2 is 1.85 bits per heavy atom. The van der Waals surface area contributed by atoms with Crippen molar-refractivity contribution in [2.24, 2.45) is 0 Å². The predicted molar refractivity (Wildman–Crippen MR) is 126 cm³/mol. The number of urea groups is 1. The van der Waals surface area contributed by atoms with Crippen LogP contribution >= 0.6 is 0 Å². The molecule has 3 aromatic rings. The Morgan fingerprint density at radius 1 is 1.15 bits per heavy atom. The van der Waals surface area contributed by atoms with E-state index in [1.165, 1.54) is 0 Å². The number of pyridine rings is 1. The number of ether oxygens (including phenoxy) is 2. The molecule has 2 amide bonds. The number of nitrogens with one attached hydrogen (secondary N) is 2. The zero-order chi connectivity index (χ0) is 23.4. The van der Waals surface area contributed by atoms with E-state index in [1.54, 1.807) is 43.2 Å². The van der Waals surface area contributed by atoms with Crippen molar-refractivity contribution in [1.82, 2.24) is 19.9 Å². The Labute approximate surface area is 191 Å². The van der Waals surface area contributed by atoms with E-state index in [-0.39, 0.29) is 17.6 Å². The number of carbonyl (C=O) groups excluding carboxylic acids is 1. The molecule has 0 atom stereocenters. The Balaban J connectivity index is 1.40. The third-order valence-corrected chi connectivity index (χ3v) is 5.74. The third kappa shape index (κ3) is 4.84. The number of anilines is 2. The van der Waals surface area contributed by atoms with Gasteiger partial charge in [-0.25, -0.2) is 14.8 Å². The highest BCUT2D eigenvalue weighted by Gasteiger charge is 2.24. The van der Waals surface area contributed by atoms with Crippen molar-refractivity contribution in [3.63, 3.8) is 0 Å².